The Balaban J connectivity index is 1.14. The Labute approximate surface area is 245 Å². The first-order valence-electron chi connectivity index (χ1n) is 14.8. The predicted molar refractivity (Wildman–Crippen MR) is 165 cm³/mol. The van der Waals surface area contributed by atoms with Crippen LogP contribution >= 0.6 is 11.3 Å². The van der Waals surface area contributed by atoms with Crippen molar-refractivity contribution in [1.29, 1.82) is 0 Å². The number of piperidine rings is 1. The molecule has 4 aromatic rings. The van der Waals surface area contributed by atoms with Crippen LogP contribution in [0, 0.1) is 23.6 Å². The topological polar surface area (TPSA) is 36.0 Å². The van der Waals surface area contributed by atoms with Crippen molar-refractivity contribution in [3.05, 3.63) is 94.6 Å². The molecule has 0 spiro atoms. The van der Waals surface area contributed by atoms with Crippen LogP contribution < -0.4 is 9.80 Å². The lowest BCUT2D eigenvalue weighted by molar-refractivity contribution is 0.0988. The fourth-order valence-corrected chi connectivity index (χ4v) is 7.83. The highest BCUT2D eigenvalue weighted by Crippen LogP contribution is 2.53. The van der Waals surface area contributed by atoms with E-state index in [1.165, 1.54) is 28.5 Å². The average molecular weight is 570 g/mol. The number of likely N-dealkylation sites (tertiary alicyclic amines) is 1. The maximum Gasteiger partial charge on any atom is 0.268 e. The van der Waals surface area contributed by atoms with Gasteiger partial charge in [0.05, 0.1) is 29.5 Å². The number of carbonyl (C=O) groups excluding carboxylic acids is 1. The highest BCUT2D eigenvalue weighted by molar-refractivity contribution is 7.20. The molecule has 3 aliphatic rings. The van der Waals surface area contributed by atoms with E-state index in [0.717, 1.165) is 36.1 Å². The number of nitrogens with zero attached hydrogens (tertiary/aromatic N) is 3. The normalized spacial score (nSPS) is 22.2. The Bertz CT molecular complexity index is 1500. The maximum absolute atomic E-state index is 15.5. The number of para-hydroxylation sites is 1. The summed E-state index contributed by atoms with van der Waals surface area (Å²) in [7, 11) is 0. The van der Waals surface area contributed by atoms with Gasteiger partial charge in [-0.05, 0) is 65.0 Å². The van der Waals surface area contributed by atoms with Crippen molar-refractivity contribution in [3.8, 4) is 0 Å². The lowest BCUT2D eigenvalue weighted by Gasteiger charge is -2.34. The van der Waals surface area contributed by atoms with Crippen molar-refractivity contribution in [1.82, 2.24) is 4.90 Å². The van der Waals surface area contributed by atoms with Gasteiger partial charge in [0.25, 0.3) is 5.91 Å². The molecule has 2 saturated heterocycles. The van der Waals surface area contributed by atoms with Gasteiger partial charge < -0.3 is 14.5 Å². The van der Waals surface area contributed by atoms with Gasteiger partial charge in [0.2, 0.25) is 0 Å². The summed E-state index contributed by atoms with van der Waals surface area (Å²) in [6.45, 7) is 8.21. The number of aryl methyl sites for hydroxylation is 1. The second kappa shape index (κ2) is 11.2. The summed E-state index contributed by atoms with van der Waals surface area (Å²) in [4.78, 5) is 21.4. The first-order chi connectivity index (χ1) is 20.1. The molecule has 0 radical (unpaired) electrons. The molecule has 212 valence electrons. The number of rotatable bonds is 8. The fraction of sp³-hybridized carbons (Fsp3) is 0.382. The number of fused-ring (bicyclic) bond motifs is 2. The van der Waals surface area contributed by atoms with Crippen LogP contribution in [-0.2, 0) is 17.7 Å². The number of thiophene rings is 1. The van der Waals surface area contributed by atoms with E-state index >= 15 is 4.39 Å². The van der Waals surface area contributed by atoms with Gasteiger partial charge in [0.15, 0.2) is 0 Å². The number of anilines is 2. The zero-order valence-corrected chi connectivity index (χ0v) is 24.3. The lowest BCUT2D eigenvalue weighted by atomic mass is 10.1. The van der Waals surface area contributed by atoms with Crippen LogP contribution in [0.4, 0.5) is 15.8 Å². The zero-order chi connectivity index (χ0) is 27.9. The third-order valence-electron chi connectivity index (χ3n) is 9.14. The Morgan fingerprint density at radius 1 is 0.976 bits per heavy atom. The SMILES string of the molecule is CCc1ccc(CN2CC3C(C2)C3CN(C(=O)c2cc3ccccc3s2)c2cccc(F)c2N2CCOCC2)cc1. The molecule has 3 fully saturated rings. The van der Waals surface area contributed by atoms with E-state index in [1.807, 2.05) is 40.1 Å². The number of halogens is 1. The number of amides is 1. The van der Waals surface area contributed by atoms with Gasteiger partial charge in [-0.25, -0.2) is 4.39 Å². The first-order valence-corrected chi connectivity index (χ1v) is 15.6. The standard InChI is InChI=1S/C34H36FN3O2S/c1-2-23-10-12-24(13-11-23)19-36-20-26-27(21-36)28(26)22-38(34(39)32-18-25-6-3-4-9-31(25)41-32)30-8-5-7-29(35)33(30)37-14-16-40-17-15-37/h3-13,18,26-28H,2,14-17,19-22H2,1H3. The first kappa shape index (κ1) is 26.6. The van der Waals surface area contributed by atoms with E-state index in [1.54, 1.807) is 6.07 Å². The summed E-state index contributed by atoms with van der Waals surface area (Å²) < 4.78 is 22.1. The van der Waals surface area contributed by atoms with Crippen LogP contribution in [0.25, 0.3) is 10.1 Å². The Morgan fingerprint density at radius 2 is 1.71 bits per heavy atom. The molecule has 2 aliphatic heterocycles. The molecule has 7 rings (SSSR count). The molecule has 1 aromatic heterocycles. The third-order valence-corrected chi connectivity index (χ3v) is 10.2. The van der Waals surface area contributed by atoms with Crippen molar-refractivity contribution in [2.75, 3.05) is 55.7 Å². The number of carbonyl (C=O) groups is 1. The largest absolute Gasteiger partial charge is 0.378 e. The molecule has 1 amide bonds. The Kier molecular flexibility index (Phi) is 7.27. The van der Waals surface area contributed by atoms with Gasteiger partial charge in [0, 0.05) is 44.0 Å². The molecule has 3 aromatic carbocycles. The highest BCUT2D eigenvalue weighted by Gasteiger charge is 2.56. The van der Waals surface area contributed by atoms with Gasteiger partial charge in [-0.2, -0.15) is 0 Å². The average Bonchev–Trinajstić information content (AvgIpc) is 3.31. The van der Waals surface area contributed by atoms with Crippen molar-refractivity contribution in [2.24, 2.45) is 17.8 Å². The zero-order valence-electron chi connectivity index (χ0n) is 23.5. The Morgan fingerprint density at radius 3 is 2.44 bits per heavy atom. The molecule has 1 aliphatic carbocycles. The second-order valence-electron chi connectivity index (χ2n) is 11.6. The van der Waals surface area contributed by atoms with Gasteiger partial charge >= 0.3 is 0 Å². The molecule has 0 bridgehead atoms. The quantitative estimate of drug-likeness (QED) is 0.244. The minimum absolute atomic E-state index is 0.0378. The summed E-state index contributed by atoms with van der Waals surface area (Å²) in [5, 5.41) is 1.07. The van der Waals surface area contributed by atoms with E-state index in [9.17, 15) is 4.79 Å². The number of morpholine rings is 1. The van der Waals surface area contributed by atoms with E-state index in [-0.39, 0.29) is 11.7 Å². The van der Waals surface area contributed by atoms with Crippen LogP contribution in [0.2, 0.25) is 0 Å². The Hall–Kier alpha value is -3.26. The molecule has 1 saturated carbocycles. The van der Waals surface area contributed by atoms with Gasteiger partial charge in [0.1, 0.15) is 5.82 Å². The summed E-state index contributed by atoms with van der Waals surface area (Å²) >= 11 is 1.52. The third kappa shape index (κ3) is 5.27. The summed E-state index contributed by atoms with van der Waals surface area (Å²) in [5.74, 6) is 1.25. The summed E-state index contributed by atoms with van der Waals surface area (Å²) in [6.07, 6.45) is 1.06. The molecule has 2 unspecified atom stereocenters. The molecule has 5 nitrogen and oxygen atoms in total. The molecule has 7 heteroatoms. The molecule has 0 N–H and O–H groups in total. The van der Waals surface area contributed by atoms with E-state index in [0.29, 0.717) is 66.9 Å². The second-order valence-corrected chi connectivity index (χ2v) is 12.7. The van der Waals surface area contributed by atoms with E-state index in [2.05, 4.69) is 42.2 Å². The smallest absolute Gasteiger partial charge is 0.268 e. The highest BCUT2D eigenvalue weighted by atomic mass is 32.1. The predicted octanol–water partition coefficient (Wildman–Crippen LogP) is 6.46. The molecule has 3 heterocycles. The minimum atomic E-state index is -0.283. The minimum Gasteiger partial charge on any atom is -0.378 e. The maximum atomic E-state index is 15.5. The van der Waals surface area contributed by atoms with Gasteiger partial charge in [-0.3, -0.25) is 9.69 Å². The van der Waals surface area contributed by atoms with Crippen molar-refractivity contribution >= 4 is 38.7 Å². The van der Waals surface area contributed by atoms with Crippen molar-refractivity contribution in [3.63, 3.8) is 0 Å². The number of ether oxygens (including phenoxy) is 1. The van der Waals surface area contributed by atoms with E-state index in [4.69, 9.17) is 4.74 Å². The molecule has 41 heavy (non-hydrogen) atoms. The fourth-order valence-electron chi connectivity index (χ4n) is 6.82. The molecular weight excluding hydrogens is 533 g/mol. The molecule has 2 atom stereocenters. The van der Waals surface area contributed by atoms with Crippen LogP contribution in [-0.4, -0.2) is 56.7 Å². The number of benzene rings is 3. The van der Waals surface area contributed by atoms with Crippen LogP contribution in [0.1, 0.15) is 27.7 Å². The monoisotopic (exact) mass is 569 g/mol. The van der Waals surface area contributed by atoms with Crippen LogP contribution in [0.5, 0.6) is 0 Å². The molecular formula is C34H36FN3O2S. The number of hydrogen-bond donors (Lipinski definition) is 0. The van der Waals surface area contributed by atoms with Gasteiger partial charge in [-0.1, -0.05) is 55.5 Å². The van der Waals surface area contributed by atoms with Gasteiger partial charge in [-0.15, -0.1) is 11.3 Å². The van der Waals surface area contributed by atoms with Crippen molar-refractivity contribution in [2.45, 2.75) is 19.9 Å². The summed E-state index contributed by atoms with van der Waals surface area (Å²) in [6, 6.07) is 24.2. The van der Waals surface area contributed by atoms with E-state index < -0.39 is 0 Å². The van der Waals surface area contributed by atoms with Crippen molar-refractivity contribution < 1.29 is 13.9 Å². The lowest BCUT2D eigenvalue weighted by Crippen LogP contribution is -2.40. The van der Waals surface area contributed by atoms with Crippen LogP contribution in [0.3, 0.4) is 0 Å². The number of hydrogen-bond acceptors (Lipinski definition) is 5. The summed E-state index contributed by atoms with van der Waals surface area (Å²) in [5.41, 5.74) is 3.92. The van der Waals surface area contributed by atoms with Crippen LogP contribution in [0.15, 0.2) is 72.8 Å².